The van der Waals surface area contributed by atoms with Crippen LogP contribution in [-0.4, -0.2) is 55.6 Å². The first-order chi connectivity index (χ1) is 11.1. The molecule has 0 fully saturated rings. The SMILES string of the molecule is CCOc1cccc(-c2nc(CN(C)CCCN(C)C)co2)c1. The molecule has 1 aromatic carbocycles. The molecule has 0 bridgehead atoms. The lowest BCUT2D eigenvalue weighted by molar-refractivity contribution is 0.292. The van der Waals surface area contributed by atoms with Gasteiger partial charge in [-0.25, -0.2) is 4.98 Å². The number of hydrogen-bond donors (Lipinski definition) is 0. The van der Waals surface area contributed by atoms with Crippen molar-refractivity contribution >= 4 is 0 Å². The molecule has 0 atom stereocenters. The van der Waals surface area contributed by atoms with Gasteiger partial charge >= 0.3 is 0 Å². The van der Waals surface area contributed by atoms with E-state index in [0.717, 1.165) is 43.1 Å². The second kappa shape index (κ2) is 8.70. The van der Waals surface area contributed by atoms with E-state index in [1.807, 2.05) is 31.2 Å². The van der Waals surface area contributed by atoms with Crippen molar-refractivity contribution in [1.82, 2.24) is 14.8 Å². The zero-order valence-electron chi connectivity index (χ0n) is 14.6. The van der Waals surface area contributed by atoms with Gasteiger partial charge in [-0.2, -0.15) is 0 Å². The van der Waals surface area contributed by atoms with Gasteiger partial charge in [0.25, 0.3) is 0 Å². The Morgan fingerprint density at radius 3 is 2.74 bits per heavy atom. The average Bonchev–Trinajstić information content (AvgIpc) is 2.96. The minimum atomic E-state index is 0.642. The lowest BCUT2D eigenvalue weighted by Crippen LogP contribution is -2.23. The molecular formula is C18H27N3O2. The molecule has 1 aromatic heterocycles. The predicted molar refractivity (Wildman–Crippen MR) is 92.6 cm³/mol. The van der Waals surface area contributed by atoms with E-state index in [4.69, 9.17) is 9.15 Å². The Kier molecular flexibility index (Phi) is 6.62. The van der Waals surface area contributed by atoms with Crippen molar-refractivity contribution in [1.29, 1.82) is 0 Å². The van der Waals surface area contributed by atoms with E-state index in [-0.39, 0.29) is 0 Å². The van der Waals surface area contributed by atoms with Gasteiger partial charge in [0, 0.05) is 12.1 Å². The number of nitrogens with zero attached hydrogens (tertiary/aromatic N) is 3. The summed E-state index contributed by atoms with van der Waals surface area (Å²) in [5, 5.41) is 0. The Labute approximate surface area is 138 Å². The Balaban J connectivity index is 1.93. The minimum absolute atomic E-state index is 0.642. The van der Waals surface area contributed by atoms with Gasteiger partial charge < -0.3 is 19.0 Å². The van der Waals surface area contributed by atoms with E-state index < -0.39 is 0 Å². The van der Waals surface area contributed by atoms with Crippen LogP contribution in [0, 0.1) is 0 Å². The highest BCUT2D eigenvalue weighted by molar-refractivity contribution is 5.55. The zero-order chi connectivity index (χ0) is 16.7. The summed E-state index contributed by atoms with van der Waals surface area (Å²) in [5.74, 6) is 1.48. The maximum atomic E-state index is 5.63. The van der Waals surface area contributed by atoms with Crippen LogP contribution in [0.5, 0.6) is 5.75 Å². The minimum Gasteiger partial charge on any atom is -0.494 e. The number of rotatable bonds is 9. The normalized spacial score (nSPS) is 11.4. The Bertz CT molecular complexity index is 595. The fraction of sp³-hybridized carbons (Fsp3) is 0.500. The predicted octanol–water partition coefficient (Wildman–Crippen LogP) is 3.12. The van der Waals surface area contributed by atoms with Crippen LogP contribution in [0.25, 0.3) is 11.5 Å². The maximum absolute atomic E-state index is 5.63. The highest BCUT2D eigenvalue weighted by atomic mass is 16.5. The topological polar surface area (TPSA) is 41.7 Å². The molecule has 5 heteroatoms. The van der Waals surface area contributed by atoms with Crippen LogP contribution in [0.1, 0.15) is 19.0 Å². The second-order valence-electron chi connectivity index (χ2n) is 6.00. The van der Waals surface area contributed by atoms with Crippen molar-refractivity contribution in [3.63, 3.8) is 0 Å². The molecule has 5 nitrogen and oxygen atoms in total. The van der Waals surface area contributed by atoms with Crippen LogP contribution in [-0.2, 0) is 6.54 Å². The van der Waals surface area contributed by atoms with E-state index in [1.54, 1.807) is 6.26 Å². The Morgan fingerprint density at radius 1 is 1.17 bits per heavy atom. The largest absolute Gasteiger partial charge is 0.494 e. The molecule has 126 valence electrons. The van der Waals surface area contributed by atoms with E-state index in [1.165, 1.54) is 0 Å². The van der Waals surface area contributed by atoms with E-state index in [2.05, 4.69) is 35.9 Å². The number of ether oxygens (including phenoxy) is 1. The number of oxazole rings is 1. The third-order valence-corrected chi connectivity index (χ3v) is 3.52. The van der Waals surface area contributed by atoms with Crippen LogP contribution in [0.15, 0.2) is 34.9 Å². The van der Waals surface area contributed by atoms with Crippen molar-refractivity contribution in [3.8, 4) is 17.2 Å². The molecule has 0 spiro atoms. The fourth-order valence-corrected chi connectivity index (χ4v) is 2.41. The molecular weight excluding hydrogens is 290 g/mol. The fourth-order valence-electron chi connectivity index (χ4n) is 2.41. The Morgan fingerprint density at radius 2 is 2.00 bits per heavy atom. The van der Waals surface area contributed by atoms with Crippen LogP contribution < -0.4 is 4.74 Å². The molecule has 0 N–H and O–H groups in total. The van der Waals surface area contributed by atoms with Crippen molar-refractivity contribution < 1.29 is 9.15 Å². The van der Waals surface area contributed by atoms with Gasteiger partial charge in [0.05, 0.1) is 12.3 Å². The Hall–Kier alpha value is -1.85. The maximum Gasteiger partial charge on any atom is 0.226 e. The molecule has 23 heavy (non-hydrogen) atoms. The molecule has 0 aliphatic heterocycles. The molecule has 0 unspecified atom stereocenters. The van der Waals surface area contributed by atoms with Crippen molar-refractivity contribution in [2.45, 2.75) is 19.9 Å². The summed E-state index contributed by atoms with van der Waals surface area (Å²) in [6.07, 6.45) is 2.88. The van der Waals surface area contributed by atoms with Crippen LogP contribution in [0.2, 0.25) is 0 Å². The first kappa shape index (κ1) is 17.5. The van der Waals surface area contributed by atoms with Gasteiger partial charge in [-0.3, -0.25) is 0 Å². The van der Waals surface area contributed by atoms with E-state index >= 15 is 0 Å². The molecule has 0 saturated carbocycles. The molecule has 1 heterocycles. The van der Waals surface area contributed by atoms with Gasteiger partial charge in [-0.1, -0.05) is 6.07 Å². The molecule has 0 amide bonds. The van der Waals surface area contributed by atoms with Crippen LogP contribution in [0.4, 0.5) is 0 Å². The summed E-state index contributed by atoms with van der Waals surface area (Å²) in [6, 6.07) is 7.84. The number of aromatic nitrogens is 1. The summed E-state index contributed by atoms with van der Waals surface area (Å²) in [6.45, 7) is 5.56. The van der Waals surface area contributed by atoms with Crippen LogP contribution >= 0.6 is 0 Å². The monoisotopic (exact) mass is 317 g/mol. The van der Waals surface area contributed by atoms with Gasteiger partial charge in [-0.05, 0) is 65.8 Å². The molecule has 2 rings (SSSR count). The molecule has 0 radical (unpaired) electrons. The molecule has 0 aliphatic rings. The highest BCUT2D eigenvalue weighted by Crippen LogP contribution is 2.23. The summed E-state index contributed by atoms with van der Waals surface area (Å²) in [4.78, 5) is 9.06. The number of hydrogen-bond acceptors (Lipinski definition) is 5. The van der Waals surface area contributed by atoms with E-state index in [0.29, 0.717) is 12.5 Å². The average molecular weight is 317 g/mol. The van der Waals surface area contributed by atoms with Gasteiger partial charge in [-0.15, -0.1) is 0 Å². The lowest BCUT2D eigenvalue weighted by atomic mass is 10.2. The first-order valence-corrected chi connectivity index (χ1v) is 8.09. The first-order valence-electron chi connectivity index (χ1n) is 8.09. The van der Waals surface area contributed by atoms with Crippen molar-refractivity contribution in [3.05, 3.63) is 36.2 Å². The quantitative estimate of drug-likeness (QED) is 0.711. The van der Waals surface area contributed by atoms with Crippen LogP contribution in [0.3, 0.4) is 0 Å². The van der Waals surface area contributed by atoms with Gasteiger partial charge in [0.1, 0.15) is 12.0 Å². The molecule has 0 aliphatic carbocycles. The smallest absolute Gasteiger partial charge is 0.226 e. The van der Waals surface area contributed by atoms with Crippen molar-refractivity contribution in [2.24, 2.45) is 0 Å². The lowest BCUT2D eigenvalue weighted by Gasteiger charge is -2.16. The van der Waals surface area contributed by atoms with Gasteiger partial charge in [0.2, 0.25) is 5.89 Å². The molecule has 0 saturated heterocycles. The third kappa shape index (κ3) is 5.69. The van der Waals surface area contributed by atoms with Gasteiger partial charge in [0.15, 0.2) is 0 Å². The third-order valence-electron chi connectivity index (χ3n) is 3.52. The summed E-state index contributed by atoms with van der Waals surface area (Å²) >= 11 is 0. The van der Waals surface area contributed by atoms with E-state index in [9.17, 15) is 0 Å². The summed E-state index contributed by atoms with van der Waals surface area (Å²) in [7, 11) is 6.31. The standard InChI is InChI=1S/C18H27N3O2/c1-5-22-17-9-6-8-15(12-17)18-19-16(14-23-18)13-21(4)11-7-10-20(2)3/h6,8-9,12,14H,5,7,10-11,13H2,1-4H3. The molecule has 2 aromatic rings. The van der Waals surface area contributed by atoms with Crippen molar-refractivity contribution in [2.75, 3.05) is 40.8 Å². The summed E-state index contributed by atoms with van der Waals surface area (Å²) < 4.78 is 11.1. The zero-order valence-corrected chi connectivity index (χ0v) is 14.6. The summed E-state index contributed by atoms with van der Waals surface area (Å²) in [5.41, 5.74) is 1.90. The second-order valence-corrected chi connectivity index (χ2v) is 6.00. The number of benzene rings is 1. The highest BCUT2D eigenvalue weighted by Gasteiger charge is 2.09.